The normalized spacial score (nSPS) is 10.4. The Labute approximate surface area is 126 Å². The van der Waals surface area contributed by atoms with Crippen molar-refractivity contribution in [2.45, 2.75) is 6.42 Å². The van der Waals surface area contributed by atoms with Gasteiger partial charge in [-0.15, -0.1) is 0 Å². The van der Waals surface area contributed by atoms with Gasteiger partial charge in [-0.2, -0.15) is 0 Å². The highest BCUT2D eigenvalue weighted by Gasteiger charge is 2.15. The molecule has 0 fully saturated rings. The van der Waals surface area contributed by atoms with Crippen molar-refractivity contribution in [3.63, 3.8) is 0 Å². The molecule has 0 aromatic heterocycles. The van der Waals surface area contributed by atoms with Crippen molar-refractivity contribution in [2.24, 2.45) is 0 Å². The molecule has 2 aromatic rings. The van der Waals surface area contributed by atoms with E-state index in [4.69, 9.17) is 0 Å². The Hall–Kier alpha value is -2.13. The van der Waals surface area contributed by atoms with Gasteiger partial charge in [-0.1, -0.05) is 48.5 Å². The molecule has 0 radical (unpaired) electrons. The molecule has 1 amide bonds. The lowest BCUT2D eigenvalue weighted by atomic mass is 9.99. The maximum atomic E-state index is 12.6. The van der Waals surface area contributed by atoms with Crippen LogP contribution in [0.2, 0.25) is 0 Å². The number of benzene rings is 2. The first-order valence-corrected chi connectivity index (χ1v) is 7.24. The number of nitrogens with zero attached hydrogens (tertiary/aromatic N) is 1. The van der Waals surface area contributed by atoms with Gasteiger partial charge in [0, 0.05) is 25.7 Å². The topological polar surface area (TPSA) is 32.3 Å². The predicted molar refractivity (Wildman–Crippen MR) is 86.6 cm³/mol. The zero-order valence-corrected chi connectivity index (χ0v) is 12.7. The average Bonchev–Trinajstić information content (AvgIpc) is 2.53. The predicted octanol–water partition coefficient (Wildman–Crippen LogP) is 2.57. The highest BCUT2D eigenvalue weighted by Crippen LogP contribution is 2.16. The second kappa shape index (κ2) is 7.60. The molecule has 0 bridgehead atoms. The van der Waals surface area contributed by atoms with Crippen LogP contribution in [0.25, 0.3) is 0 Å². The highest BCUT2D eigenvalue weighted by atomic mass is 16.2. The molecule has 3 heteroatoms. The van der Waals surface area contributed by atoms with Gasteiger partial charge in [0.25, 0.3) is 5.91 Å². The van der Waals surface area contributed by atoms with Crippen LogP contribution in [0.15, 0.2) is 54.6 Å². The zero-order chi connectivity index (χ0) is 15.1. The Bertz CT molecular complexity index is 581. The van der Waals surface area contributed by atoms with E-state index in [2.05, 4.69) is 17.4 Å². The van der Waals surface area contributed by atoms with Gasteiger partial charge in [-0.3, -0.25) is 4.79 Å². The maximum Gasteiger partial charge on any atom is 0.253 e. The van der Waals surface area contributed by atoms with Crippen LogP contribution in [0.3, 0.4) is 0 Å². The fourth-order valence-electron chi connectivity index (χ4n) is 2.29. The molecule has 0 aliphatic rings. The third-order valence-electron chi connectivity index (χ3n) is 3.53. The monoisotopic (exact) mass is 282 g/mol. The summed E-state index contributed by atoms with van der Waals surface area (Å²) >= 11 is 0. The van der Waals surface area contributed by atoms with E-state index in [0.717, 1.165) is 24.1 Å². The lowest BCUT2D eigenvalue weighted by Gasteiger charge is -2.19. The second-order valence-electron chi connectivity index (χ2n) is 5.15. The summed E-state index contributed by atoms with van der Waals surface area (Å²) in [5.74, 6) is 0.0804. The van der Waals surface area contributed by atoms with Gasteiger partial charge < -0.3 is 10.2 Å². The summed E-state index contributed by atoms with van der Waals surface area (Å²) in [5.41, 5.74) is 3.08. The first-order chi connectivity index (χ1) is 10.2. The lowest BCUT2D eigenvalue weighted by molar-refractivity contribution is 0.0796. The molecular weight excluding hydrogens is 260 g/mol. The minimum absolute atomic E-state index is 0.0804. The molecule has 1 N–H and O–H groups in total. The standard InChI is InChI=1S/C18H22N2O/c1-19-12-13-20(2)18(21)17-11-7-6-10-16(17)14-15-8-4-3-5-9-15/h3-11,19H,12-14H2,1-2H3. The summed E-state index contributed by atoms with van der Waals surface area (Å²) < 4.78 is 0. The Morgan fingerprint density at radius 2 is 1.71 bits per heavy atom. The van der Waals surface area contributed by atoms with E-state index in [1.807, 2.05) is 56.6 Å². The van der Waals surface area contributed by atoms with Gasteiger partial charge in [0.05, 0.1) is 0 Å². The van der Waals surface area contributed by atoms with Crippen molar-refractivity contribution in [3.05, 3.63) is 71.3 Å². The van der Waals surface area contributed by atoms with E-state index in [0.29, 0.717) is 6.54 Å². The number of amides is 1. The summed E-state index contributed by atoms with van der Waals surface area (Å²) in [6.07, 6.45) is 0.780. The van der Waals surface area contributed by atoms with E-state index < -0.39 is 0 Å². The van der Waals surface area contributed by atoms with Crippen molar-refractivity contribution >= 4 is 5.91 Å². The van der Waals surface area contributed by atoms with E-state index >= 15 is 0 Å². The molecule has 0 aliphatic heterocycles. The van der Waals surface area contributed by atoms with E-state index in [1.54, 1.807) is 4.90 Å². The van der Waals surface area contributed by atoms with Gasteiger partial charge in [-0.05, 0) is 30.7 Å². The molecule has 0 spiro atoms. The fourth-order valence-corrected chi connectivity index (χ4v) is 2.29. The molecule has 0 saturated heterocycles. The third kappa shape index (κ3) is 4.17. The Kier molecular flexibility index (Phi) is 5.52. The van der Waals surface area contributed by atoms with Gasteiger partial charge in [0.1, 0.15) is 0 Å². The molecule has 0 saturated carbocycles. The largest absolute Gasteiger partial charge is 0.340 e. The van der Waals surface area contributed by atoms with Crippen LogP contribution in [0, 0.1) is 0 Å². The average molecular weight is 282 g/mol. The van der Waals surface area contributed by atoms with Crippen LogP contribution in [-0.2, 0) is 6.42 Å². The first-order valence-electron chi connectivity index (χ1n) is 7.24. The molecule has 0 aliphatic carbocycles. The van der Waals surface area contributed by atoms with Crippen molar-refractivity contribution in [3.8, 4) is 0 Å². The summed E-state index contributed by atoms with van der Waals surface area (Å²) in [5, 5.41) is 3.07. The highest BCUT2D eigenvalue weighted by molar-refractivity contribution is 5.95. The Morgan fingerprint density at radius 3 is 2.43 bits per heavy atom. The summed E-state index contributed by atoms with van der Waals surface area (Å²) in [4.78, 5) is 14.3. The van der Waals surface area contributed by atoms with Gasteiger partial charge in [-0.25, -0.2) is 0 Å². The first kappa shape index (κ1) is 15.3. The van der Waals surface area contributed by atoms with E-state index in [9.17, 15) is 4.79 Å². The van der Waals surface area contributed by atoms with Crippen molar-refractivity contribution < 1.29 is 4.79 Å². The number of carbonyl (C=O) groups excluding carboxylic acids is 1. The number of nitrogens with one attached hydrogen (secondary N) is 1. The van der Waals surface area contributed by atoms with Gasteiger partial charge in [0.2, 0.25) is 0 Å². The molecule has 21 heavy (non-hydrogen) atoms. The van der Waals surface area contributed by atoms with Crippen LogP contribution in [0.1, 0.15) is 21.5 Å². The van der Waals surface area contributed by atoms with Crippen molar-refractivity contribution in [1.29, 1.82) is 0 Å². The molecule has 0 unspecified atom stereocenters. The van der Waals surface area contributed by atoms with Gasteiger partial charge in [0.15, 0.2) is 0 Å². The Morgan fingerprint density at radius 1 is 1.05 bits per heavy atom. The van der Waals surface area contributed by atoms with E-state index in [-0.39, 0.29) is 5.91 Å². The number of likely N-dealkylation sites (N-methyl/N-ethyl adjacent to an activating group) is 2. The summed E-state index contributed by atoms with van der Waals surface area (Å²) in [6, 6.07) is 18.1. The molecule has 2 rings (SSSR count). The summed E-state index contributed by atoms with van der Waals surface area (Å²) in [6.45, 7) is 1.50. The third-order valence-corrected chi connectivity index (χ3v) is 3.53. The number of hydrogen-bond donors (Lipinski definition) is 1. The summed E-state index contributed by atoms with van der Waals surface area (Å²) in [7, 11) is 3.74. The number of rotatable bonds is 6. The smallest absolute Gasteiger partial charge is 0.253 e. The minimum atomic E-state index is 0.0804. The minimum Gasteiger partial charge on any atom is -0.340 e. The fraction of sp³-hybridized carbons (Fsp3) is 0.278. The maximum absolute atomic E-state index is 12.6. The molecule has 3 nitrogen and oxygen atoms in total. The molecule has 0 atom stereocenters. The lowest BCUT2D eigenvalue weighted by Crippen LogP contribution is -2.33. The molecule has 0 heterocycles. The Balaban J connectivity index is 2.18. The van der Waals surface area contributed by atoms with Crippen LogP contribution in [0.4, 0.5) is 0 Å². The SMILES string of the molecule is CNCCN(C)C(=O)c1ccccc1Cc1ccccc1. The van der Waals surface area contributed by atoms with Crippen molar-refractivity contribution in [1.82, 2.24) is 10.2 Å². The van der Waals surface area contributed by atoms with Gasteiger partial charge >= 0.3 is 0 Å². The zero-order valence-electron chi connectivity index (χ0n) is 12.7. The van der Waals surface area contributed by atoms with Crippen LogP contribution in [0.5, 0.6) is 0 Å². The quantitative estimate of drug-likeness (QED) is 0.883. The second-order valence-corrected chi connectivity index (χ2v) is 5.15. The van der Waals surface area contributed by atoms with E-state index in [1.165, 1.54) is 5.56 Å². The van der Waals surface area contributed by atoms with Crippen LogP contribution >= 0.6 is 0 Å². The van der Waals surface area contributed by atoms with Crippen LogP contribution in [-0.4, -0.2) is 38.0 Å². The number of carbonyl (C=O) groups is 1. The molecular formula is C18H22N2O. The van der Waals surface area contributed by atoms with Crippen molar-refractivity contribution in [2.75, 3.05) is 27.2 Å². The van der Waals surface area contributed by atoms with Crippen LogP contribution < -0.4 is 5.32 Å². The number of hydrogen-bond acceptors (Lipinski definition) is 2. The molecule has 2 aromatic carbocycles. The molecule has 110 valence electrons.